The minimum absolute atomic E-state index is 0.161. The number of hydrogen-bond donors (Lipinski definition) is 6. The van der Waals surface area contributed by atoms with Crippen LogP contribution in [0.5, 0.6) is 5.75 Å². The molecule has 1 aromatic rings. The van der Waals surface area contributed by atoms with Gasteiger partial charge in [0.15, 0.2) is 11.4 Å². The van der Waals surface area contributed by atoms with Crippen molar-refractivity contribution in [2.45, 2.75) is 55.6 Å². The fourth-order valence-electron chi connectivity index (χ4n) is 7.15. The molecule has 7 N–H and O–H groups in total. The zero-order valence-electron chi connectivity index (χ0n) is 22.0. The summed E-state index contributed by atoms with van der Waals surface area (Å²) in [5.74, 6) is -9.34. The number of halogens is 4. The Morgan fingerprint density at radius 1 is 1.20 bits per heavy atom. The number of primary amides is 1. The molecule has 2 unspecified atom stereocenters. The first-order chi connectivity index (χ1) is 19.0. The maximum absolute atomic E-state index is 14.6. The van der Waals surface area contributed by atoms with Crippen LogP contribution in [0.15, 0.2) is 28.7 Å². The van der Waals surface area contributed by atoms with Gasteiger partial charge in [-0.15, -0.1) is 0 Å². The molecular weight excluding hydrogens is 554 g/mol. The zero-order valence-corrected chi connectivity index (χ0v) is 22.0. The van der Waals surface area contributed by atoms with Crippen molar-refractivity contribution in [2.75, 3.05) is 20.8 Å². The summed E-state index contributed by atoms with van der Waals surface area (Å²) in [6.07, 6.45) is -5.41. The summed E-state index contributed by atoms with van der Waals surface area (Å²) in [5.41, 5.74) is -1.91. The lowest BCUT2D eigenvalue weighted by molar-refractivity contribution is -0.148. The number of hydrogen-bond acceptors (Lipinski definition) is 9. The lowest BCUT2D eigenvalue weighted by Crippen LogP contribution is -2.63. The van der Waals surface area contributed by atoms with Gasteiger partial charge in [0.1, 0.15) is 29.5 Å². The Morgan fingerprint density at radius 3 is 2.39 bits per heavy atom. The quantitative estimate of drug-likeness (QED) is 0.229. The summed E-state index contributed by atoms with van der Waals surface area (Å²) in [4.78, 5) is 40.4. The highest BCUT2D eigenvalue weighted by Crippen LogP contribution is 2.54. The molecule has 0 saturated carbocycles. The van der Waals surface area contributed by atoms with Gasteiger partial charge in [0.05, 0.1) is 17.2 Å². The number of carbonyl (C=O) groups excluding carboxylic acids is 3. The van der Waals surface area contributed by atoms with Crippen molar-refractivity contribution in [1.82, 2.24) is 10.2 Å². The molecule has 1 heterocycles. The number of aromatic hydroxyl groups is 1. The van der Waals surface area contributed by atoms with Crippen LogP contribution in [0, 0.1) is 11.8 Å². The number of fused-ring (bicyclic) bond motifs is 3. The molecule has 3 aliphatic carbocycles. The molecule has 41 heavy (non-hydrogen) atoms. The monoisotopic (exact) mass is 583 g/mol. The topological polar surface area (TPSA) is 173 Å². The molecule has 10 nitrogen and oxygen atoms in total. The predicted molar refractivity (Wildman–Crippen MR) is 134 cm³/mol. The number of nitrogens with two attached hydrogens (primary N) is 1. The van der Waals surface area contributed by atoms with Crippen molar-refractivity contribution in [3.63, 3.8) is 0 Å². The number of Topliss-reactive ketones (excluding diaryl/α,β-unsaturated/α-hetero) is 2. The van der Waals surface area contributed by atoms with E-state index in [1.165, 1.54) is 19.0 Å². The van der Waals surface area contributed by atoms with E-state index in [4.69, 9.17) is 5.73 Å². The number of alkyl halides is 4. The second kappa shape index (κ2) is 9.53. The maximum atomic E-state index is 14.6. The highest BCUT2D eigenvalue weighted by molar-refractivity contribution is 6.24. The zero-order chi connectivity index (χ0) is 30.3. The van der Waals surface area contributed by atoms with Gasteiger partial charge in [-0.1, -0.05) is 0 Å². The smallest absolute Gasteiger partial charge is 0.417 e. The Bertz CT molecular complexity index is 1440. The van der Waals surface area contributed by atoms with E-state index in [1.54, 1.807) is 0 Å². The van der Waals surface area contributed by atoms with Gasteiger partial charge >= 0.3 is 6.18 Å². The first-order valence-corrected chi connectivity index (χ1v) is 13.0. The van der Waals surface area contributed by atoms with Gasteiger partial charge < -0.3 is 31.5 Å². The number of aliphatic hydroxyl groups is 3. The number of allylic oxidation sites excluding steroid dienone is 1. The van der Waals surface area contributed by atoms with Crippen LogP contribution in [0.1, 0.15) is 52.4 Å². The molecule has 1 fully saturated rings. The minimum atomic E-state index is -4.98. The van der Waals surface area contributed by atoms with Gasteiger partial charge in [-0.25, -0.2) is 4.39 Å². The van der Waals surface area contributed by atoms with Crippen LogP contribution >= 0.6 is 0 Å². The molecule has 0 spiro atoms. The average Bonchev–Trinajstić information content (AvgIpc) is 3.34. The van der Waals surface area contributed by atoms with E-state index in [0.717, 1.165) is 6.07 Å². The number of benzene rings is 1. The van der Waals surface area contributed by atoms with Crippen molar-refractivity contribution in [2.24, 2.45) is 17.6 Å². The number of carbonyl (C=O) groups is 3. The number of phenolic OH excluding ortho intramolecular Hbond substituents is 1. The second-order valence-electron chi connectivity index (χ2n) is 11.3. The number of phenols is 1. The number of likely N-dealkylation sites (N-methyl/N-ethyl adjacent to an activating group) is 1. The van der Waals surface area contributed by atoms with E-state index in [1.807, 2.05) is 0 Å². The van der Waals surface area contributed by atoms with Crippen LogP contribution in [-0.2, 0) is 22.2 Å². The van der Waals surface area contributed by atoms with E-state index in [-0.39, 0.29) is 24.8 Å². The highest BCUT2D eigenvalue weighted by Gasteiger charge is 2.63. The van der Waals surface area contributed by atoms with E-state index in [9.17, 15) is 52.4 Å². The van der Waals surface area contributed by atoms with Crippen LogP contribution < -0.4 is 11.1 Å². The molecular formula is C27H29F4N3O7. The molecule has 0 bridgehead atoms. The van der Waals surface area contributed by atoms with Gasteiger partial charge in [-0.05, 0) is 62.9 Å². The number of aliphatic hydroxyl groups excluding tert-OH is 2. The molecule has 1 saturated heterocycles. The van der Waals surface area contributed by atoms with Crippen LogP contribution in [0.2, 0.25) is 0 Å². The first-order valence-electron chi connectivity index (χ1n) is 13.0. The van der Waals surface area contributed by atoms with Gasteiger partial charge in [0, 0.05) is 23.6 Å². The second-order valence-corrected chi connectivity index (χ2v) is 11.3. The van der Waals surface area contributed by atoms with Crippen LogP contribution in [0.4, 0.5) is 17.6 Å². The normalized spacial score (nSPS) is 31.9. The summed E-state index contributed by atoms with van der Waals surface area (Å²) >= 11 is 0. The number of amides is 1. The molecule has 5 rings (SSSR count). The molecule has 1 aliphatic heterocycles. The summed E-state index contributed by atoms with van der Waals surface area (Å²) in [7, 11) is 2.89. The van der Waals surface area contributed by atoms with Crippen molar-refractivity contribution in [1.29, 1.82) is 0 Å². The molecule has 1 amide bonds. The van der Waals surface area contributed by atoms with Gasteiger partial charge in [-0.3, -0.25) is 19.3 Å². The molecule has 222 valence electrons. The van der Waals surface area contributed by atoms with Crippen molar-refractivity contribution < 1.29 is 52.4 Å². The number of ketones is 2. The lowest BCUT2D eigenvalue weighted by Gasteiger charge is -2.50. The van der Waals surface area contributed by atoms with Crippen LogP contribution in [0.3, 0.4) is 0 Å². The molecule has 0 aromatic heterocycles. The van der Waals surface area contributed by atoms with Crippen molar-refractivity contribution in [3.8, 4) is 5.75 Å². The van der Waals surface area contributed by atoms with E-state index >= 15 is 0 Å². The third kappa shape index (κ3) is 4.06. The molecule has 14 heteroatoms. The van der Waals surface area contributed by atoms with Gasteiger partial charge in [-0.2, -0.15) is 13.2 Å². The van der Waals surface area contributed by atoms with Gasteiger partial charge in [0.2, 0.25) is 5.78 Å². The van der Waals surface area contributed by atoms with Crippen molar-refractivity contribution >= 4 is 17.5 Å². The Balaban J connectivity index is 1.72. The fourth-order valence-corrected chi connectivity index (χ4v) is 7.15. The number of nitrogens with zero attached hydrogens (tertiary/aromatic N) is 1. The summed E-state index contributed by atoms with van der Waals surface area (Å²) in [6.45, 7) is -0.794. The Morgan fingerprint density at radius 2 is 1.85 bits per heavy atom. The summed E-state index contributed by atoms with van der Waals surface area (Å²) < 4.78 is 57.1. The highest BCUT2D eigenvalue weighted by atomic mass is 19.4. The molecule has 4 aliphatic rings. The molecule has 6 atom stereocenters. The summed E-state index contributed by atoms with van der Waals surface area (Å²) in [5, 5.41) is 47.3. The number of nitrogens with one attached hydrogen (secondary N) is 1. The number of rotatable bonds is 4. The SMILES string of the molecule is CN(C)[C@@H]1C(O)=C(C(N)=O)C(=O)[C@@]2(O)C(O)=C3C(=O)c4c(O)cc(C5CCC(CF)N5)c(C(F)(F)F)c4C[C@H]3C[C@@H]12. The third-order valence-electron chi connectivity index (χ3n) is 8.84. The largest absolute Gasteiger partial charge is 0.510 e. The average molecular weight is 584 g/mol. The minimum Gasteiger partial charge on any atom is -0.510 e. The van der Waals surface area contributed by atoms with Gasteiger partial charge in [0.25, 0.3) is 5.91 Å². The lowest BCUT2D eigenvalue weighted by atomic mass is 9.58. The first kappa shape index (κ1) is 29.0. The summed E-state index contributed by atoms with van der Waals surface area (Å²) in [6, 6.07) is -2.08. The molecule has 0 radical (unpaired) electrons. The Labute approximate surface area is 231 Å². The predicted octanol–water partition coefficient (Wildman–Crippen LogP) is 1.90. The van der Waals surface area contributed by atoms with Crippen molar-refractivity contribution in [3.05, 3.63) is 51.0 Å². The van der Waals surface area contributed by atoms with E-state index in [2.05, 4.69) is 5.32 Å². The van der Waals surface area contributed by atoms with Crippen LogP contribution in [0.25, 0.3) is 0 Å². The maximum Gasteiger partial charge on any atom is 0.417 e. The van der Waals surface area contributed by atoms with E-state index < -0.39 is 117 Å². The van der Waals surface area contributed by atoms with Crippen LogP contribution in [-0.4, -0.2) is 81.3 Å². The Kier molecular flexibility index (Phi) is 6.74. The third-order valence-corrected chi connectivity index (χ3v) is 8.84. The molecule has 1 aromatic carbocycles. The fraction of sp³-hybridized carbons (Fsp3) is 0.519. The standard InChI is InChI=1S/C27H29F4N3O7/c1-34(2)20-13-6-9-5-12-17(15(35)7-11(19(12)27(29,30)31)14-4-3-10(8-28)33-14)21(36)16(9)23(38)26(13,41)24(39)18(22(20)37)25(32)40/h7,9-10,13-14,20,33,35,37-38,41H,3-6,8H2,1-2H3,(H2,32,40)/t9-,10?,13-,14?,20-,26-/m0/s1. The van der Waals surface area contributed by atoms with E-state index in [0.29, 0.717) is 0 Å². The Hall–Kier alpha value is -3.49.